The Morgan fingerprint density at radius 3 is 2.86 bits per heavy atom. The molecule has 0 saturated carbocycles. The van der Waals surface area contributed by atoms with Crippen molar-refractivity contribution in [2.75, 3.05) is 11.9 Å². The fourth-order valence-corrected chi connectivity index (χ4v) is 4.31. The molecule has 0 bridgehead atoms. The standard InChI is InChI=1S/C23H24N2O3/c1-14-4-2-5-15(12-14)22-18-7-3-6-17(18)19-13-16(8-9-20(19)25-22)23(28)24-11-10-21(26)27/h2-6,8-9,12-13,17-18,22,25H,7,10-11H2,1H3,(H,24,28)(H,26,27)/t17-,18-,22+/m1/s1. The molecule has 0 spiro atoms. The Kier molecular flexibility index (Phi) is 4.90. The molecule has 3 N–H and O–H groups in total. The van der Waals surface area contributed by atoms with E-state index in [0.717, 1.165) is 17.7 Å². The molecule has 0 aromatic heterocycles. The summed E-state index contributed by atoms with van der Waals surface area (Å²) in [5.41, 5.74) is 5.30. The first-order chi connectivity index (χ1) is 13.5. The summed E-state index contributed by atoms with van der Waals surface area (Å²) in [7, 11) is 0. The van der Waals surface area contributed by atoms with Crippen molar-refractivity contribution < 1.29 is 14.7 Å². The summed E-state index contributed by atoms with van der Waals surface area (Å²) < 4.78 is 0. The van der Waals surface area contributed by atoms with E-state index in [1.54, 1.807) is 6.07 Å². The van der Waals surface area contributed by atoms with Gasteiger partial charge in [-0.3, -0.25) is 9.59 Å². The van der Waals surface area contributed by atoms with E-state index in [4.69, 9.17) is 5.11 Å². The van der Waals surface area contributed by atoms with E-state index in [2.05, 4.69) is 54.0 Å². The number of amides is 1. The van der Waals surface area contributed by atoms with Crippen molar-refractivity contribution >= 4 is 17.6 Å². The minimum atomic E-state index is -0.920. The predicted octanol–water partition coefficient (Wildman–Crippen LogP) is 4.03. The van der Waals surface area contributed by atoms with Gasteiger partial charge in [-0.2, -0.15) is 0 Å². The van der Waals surface area contributed by atoms with Crippen LogP contribution < -0.4 is 10.6 Å². The molecule has 0 radical (unpaired) electrons. The van der Waals surface area contributed by atoms with Crippen molar-refractivity contribution in [3.63, 3.8) is 0 Å². The van der Waals surface area contributed by atoms with Gasteiger partial charge >= 0.3 is 5.97 Å². The first-order valence-corrected chi connectivity index (χ1v) is 9.66. The van der Waals surface area contributed by atoms with E-state index in [1.165, 1.54) is 11.1 Å². The molecule has 28 heavy (non-hydrogen) atoms. The summed E-state index contributed by atoms with van der Waals surface area (Å²) in [6.45, 7) is 2.24. The lowest BCUT2D eigenvalue weighted by molar-refractivity contribution is -0.136. The maximum Gasteiger partial charge on any atom is 0.305 e. The summed E-state index contributed by atoms with van der Waals surface area (Å²) in [5.74, 6) is -0.465. The van der Waals surface area contributed by atoms with Gasteiger partial charge in [-0.25, -0.2) is 0 Å². The van der Waals surface area contributed by atoms with Crippen LogP contribution in [0.4, 0.5) is 5.69 Å². The highest BCUT2D eigenvalue weighted by molar-refractivity contribution is 5.95. The zero-order valence-corrected chi connectivity index (χ0v) is 15.8. The Morgan fingerprint density at radius 1 is 1.21 bits per heavy atom. The van der Waals surface area contributed by atoms with Crippen LogP contribution in [-0.2, 0) is 4.79 Å². The van der Waals surface area contributed by atoms with Gasteiger partial charge in [0.2, 0.25) is 0 Å². The maximum atomic E-state index is 12.4. The summed E-state index contributed by atoms with van der Waals surface area (Å²) in [5, 5.41) is 15.1. The minimum absolute atomic E-state index is 0.0795. The number of rotatable bonds is 5. The Morgan fingerprint density at radius 2 is 2.07 bits per heavy atom. The number of carboxylic acid groups (broad SMARTS) is 1. The van der Waals surface area contributed by atoms with Gasteiger partial charge in [0.05, 0.1) is 12.5 Å². The van der Waals surface area contributed by atoms with Crippen LogP contribution in [0.15, 0.2) is 54.6 Å². The van der Waals surface area contributed by atoms with Crippen molar-refractivity contribution in [3.05, 3.63) is 76.9 Å². The van der Waals surface area contributed by atoms with E-state index in [9.17, 15) is 9.59 Å². The molecule has 4 rings (SSSR count). The third-order valence-electron chi connectivity index (χ3n) is 5.65. The molecule has 1 aliphatic heterocycles. The SMILES string of the molecule is Cc1cccc([C@@H]2Nc3ccc(C(=O)NCCC(=O)O)cc3[C@@H]3C=CC[C@H]32)c1. The Balaban J connectivity index is 1.60. The second-order valence-electron chi connectivity index (χ2n) is 7.59. The molecule has 5 heteroatoms. The highest BCUT2D eigenvalue weighted by atomic mass is 16.4. The van der Waals surface area contributed by atoms with Gasteiger partial charge in [0.15, 0.2) is 0 Å². The molecule has 0 unspecified atom stereocenters. The number of benzene rings is 2. The number of nitrogens with one attached hydrogen (secondary N) is 2. The van der Waals surface area contributed by atoms with Gasteiger partial charge in [-0.05, 0) is 48.6 Å². The highest BCUT2D eigenvalue weighted by Crippen LogP contribution is 2.49. The Hall–Kier alpha value is -3.08. The molecule has 1 heterocycles. The monoisotopic (exact) mass is 376 g/mol. The van der Waals surface area contributed by atoms with E-state index >= 15 is 0 Å². The first kappa shape index (κ1) is 18.3. The Bertz CT molecular complexity index is 951. The minimum Gasteiger partial charge on any atom is -0.481 e. The number of fused-ring (bicyclic) bond motifs is 3. The van der Waals surface area contributed by atoms with Crippen molar-refractivity contribution in [2.45, 2.75) is 31.7 Å². The van der Waals surface area contributed by atoms with Gasteiger partial charge in [-0.15, -0.1) is 0 Å². The zero-order chi connectivity index (χ0) is 19.7. The van der Waals surface area contributed by atoms with E-state index in [-0.39, 0.29) is 30.8 Å². The van der Waals surface area contributed by atoms with Gasteiger partial charge in [0.1, 0.15) is 0 Å². The summed E-state index contributed by atoms with van der Waals surface area (Å²) in [6, 6.07) is 14.6. The average molecular weight is 376 g/mol. The van der Waals surface area contributed by atoms with Crippen molar-refractivity contribution in [1.82, 2.24) is 5.32 Å². The van der Waals surface area contributed by atoms with Crippen molar-refractivity contribution in [2.24, 2.45) is 5.92 Å². The molecular formula is C23H24N2O3. The van der Waals surface area contributed by atoms with Crippen molar-refractivity contribution in [3.8, 4) is 0 Å². The predicted molar refractivity (Wildman–Crippen MR) is 109 cm³/mol. The van der Waals surface area contributed by atoms with Gasteiger partial charge in [0.25, 0.3) is 5.91 Å². The number of carbonyl (C=O) groups excluding carboxylic acids is 1. The average Bonchev–Trinajstić information content (AvgIpc) is 3.16. The quantitative estimate of drug-likeness (QED) is 0.689. The summed E-state index contributed by atoms with van der Waals surface area (Å²) in [6.07, 6.45) is 5.41. The molecule has 2 aromatic carbocycles. The van der Waals surface area contributed by atoms with Crippen LogP contribution in [0.3, 0.4) is 0 Å². The van der Waals surface area contributed by atoms with Crippen LogP contribution >= 0.6 is 0 Å². The van der Waals surface area contributed by atoms with Gasteiger partial charge in [-0.1, -0.05) is 42.0 Å². The topological polar surface area (TPSA) is 78.4 Å². The molecule has 0 fully saturated rings. The second-order valence-corrected chi connectivity index (χ2v) is 7.59. The van der Waals surface area contributed by atoms with Crippen LogP contribution in [0.5, 0.6) is 0 Å². The number of hydrogen-bond acceptors (Lipinski definition) is 3. The number of aryl methyl sites for hydroxylation is 1. The van der Waals surface area contributed by atoms with Gasteiger partial charge in [0, 0.05) is 23.7 Å². The fraction of sp³-hybridized carbons (Fsp3) is 0.304. The lowest BCUT2D eigenvalue weighted by Crippen LogP contribution is -2.30. The smallest absolute Gasteiger partial charge is 0.305 e. The summed E-state index contributed by atoms with van der Waals surface area (Å²) in [4.78, 5) is 23.0. The van der Waals surface area contributed by atoms with Crippen LogP contribution in [0.2, 0.25) is 0 Å². The number of anilines is 1. The molecule has 1 aliphatic carbocycles. The maximum absolute atomic E-state index is 12.4. The molecule has 2 aliphatic rings. The van der Waals surface area contributed by atoms with E-state index in [0.29, 0.717) is 11.5 Å². The first-order valence-electron chi connectivity index (χ1n) is 9.66. The molecule has 2 aromatic rings. The number of aliphatic carboxylic acids is 1. The van der Waals surface area contributed by atoms with Crippen LogP contribution in [0.1, 0.15) is 51.8 Å². The number of carboxylic acids is 1. The van der Waals surface area contributed by atoms with Gasteiger partial charge < -0.3 is 15.7 Å². The number of carbonyl (C=O) groups is 2. The lowest BCUT2D eigenvalue weighted by Gasteiger charge is -2.37. The molecular weight excluding hydrogens is 352 g/mol. The molecule has 5 nitrogen and oxygen atoms in total. The largest absolute Gasteiger partial charge is 0.481 e. The van der Waals surface area contributed by atoms with Crippen LogP contribution in [-0.4, -0.2) is 23.5 Å². The van der Waals surface area contributed by atoms with E-state index < -0.39 is 5.97 Å². The van der Waals surface area contributed by atoms with Crippen LogP contribution in [0.25, 0.3) is 0 Å². The van der Waals surface area contributed by atoms with Crippen molar-refractivity contribution in [1.29, 1.82) is 0 Å². The van der Waals surface area contributed by atoms with E-state index in [1.807, 2.05) is 12.1 Å². The molecule has 3 atom stereocenters. The third-order valence-corrected chi connectivity index (χ3v) is 5.65. The zero-order valence-electron chi connectivity index (χ0n) is 15.8. The lowest BCUT2D eigenvalue weighted by atomic mass is 9.76. The number of hydrogen-bond donors (Lipinski definition) is 3. The normalized spacial score (nSPS) is 22.1. The fourth-order valence-electron chi connectivity index (χ4n) is 4.31. The number of allylic oxidation sites excluding steroid dienone is 2. The molecule has 1 amide bonds. The molecule has 0 saturated heterocycles. The summed E-state index contributed by atoms with van der Waals surface area (Å²) >= 11 is 0. The second kappa shape index (κ2) is 7.50. The highest BCUT2D eigenvalue weighted by Gasteiger charge is 2.38. The third kappa shape index (κ3) is 3.52. The Labute approximate surface area is 164 Å². The molecule has 144 valence electrons. The van der Waals surface area contributed by atoms with Crippen LogP contribution in [0, 0.1) is 12.8 Å².